The summed E-state index contributed by atoms with van der Waals surface area (Å²) in [7, 11) is 0. The van der Waals surface area contributed by atoms with Crippen LogP contribution < -0.4 is 4.72 Å². The molecule has 0 saturated carbocycles. The van der Waals surface area contributed by atoms with Crippen molar-refractivity contribution >= 4 is 28.5 Å². The Morgan fingerprint density at radius 3 is 2.79 bits per heavy atom. The molecule has 0 aliphatic heterocycles. The van der Waals surface area contributed by atoms with Crippen molar-refractivity contribution in [2.45, 2.75) is 24.5 Å². The number of nitrogens with zero attached hydrogens (tertiary/aromatic N) is 5. The molecule has 4 rings (SSSR count). The van der Waals surface area contributed by atoms with Crippen LogP contribution >= 0.6 is 11.9 Å². The molecular formula is C18H15F3N6S. The van der Waals surface area contributed by atoms with E-state index in [1.165, 1.54) is 16.6 Å². The summed E-state index contributed by atoms with van der Waals surface area (Å²) < 4.78 is 45.1. The molecule has 1 aromatic carbocycles. The molecule has 0 saturated heterocycles. The summed E-state index contributed by atoms with van der Waals surface area (Å²) in [5.41, 5.74) is 1.12. The normalized spacial score (nSPS) is 11.9. The van der Waals surface area contributed by atoms with Crippen molar-refractivity contribution in [1.29, 1.82) is 0 Å². The molecule has 0 amide bonds. The van der Waals surface area contributed by atoms with Crippen molar-refractivity contribution in [3.8, 4) is 5.82 Å². The standard InChI is InChI=1S/C18H15F3N6S/c1-2-26-17-12(9-23-26)4-3-5-15(17)25-28-14-10-24-27(11-14)16-8-13(6-7-22-16)18(19,20)21/h3-11,25H,2H2,1H3. The van der Waals surface area contributed by atoms with E-state index in [-0.39, 0.29) is 5.82 Å². The molecule has 144 valence electrons. The highest BCUT2D eigenvalue weighted by molar-refractivity contribution is 8.00. The predicted molar refractivity (Wildman–Crippen MR) is 101 cm³/mol. The van der Waals surface area contributed by atoms with Gasteiger partial charge in [0.05, 0.1) is 34.1 Å². The molecule has 0 radical (unpaired) electrons. The maximum absolute atomic E-state index is 12.9. The number of anilines is 1. The second kappa shape index (κ2) is 7.19. The third-order valence-corrected chi connectivity index (χ3v) is 4.87. The molecule has 0 unspecified atom stereocenters. The number of alkyl halides is 3. The van der Waals surface area contributed by atoms with E-state index in [1.807, 2.05) is 36.0 Å². The van der Waals surface area contributed by atoms with Crippen LogP contribution in [-0.4, -0.2) is 24.5 Å². The smallest absolute Gasteiger partial charge is 0.324 e. The molecule has 6 nitrogen and oxygen atoms in total. The van der Waals surface area contributed by atoms with E-state index in [4.69, 9.17) is 0 Å². The topological polar surface area (TPSA) is 60.6 Å². The molecule has 10 heteroatoms. The van der Waals surface area contributed by atoms with Gasteiger partial charge in [-0.25, -0.2) is 9.67 Å². The fourth-order valence-electron chi connectivity index (χ4n) is 2.78. The SMILES string of the molecule is CCn1ncc2cccc(NSc3cnn(-c4cc(C(F)(F)F)ccn4)c3)c21. The van der Waals surface area contributed by atoms with Crippen LogP contribution in [0.2, 0.25) is 0 Å². The van der Waals surface area contributed by atoms with Crippen molar-refractivity contribution in [3.05, 3.63) is 60.7 Å². The fourth-order valence-corrected chi connectivity index (χ4v) is 3.43. The van der Waals surface area contributed by atoms with E-state index in [9.17, 15) is 13.2 Å². The largest absolute Gasteiger partial charge is 0.416 e. The molecule has 0 bridgehead atoms. The number of benzene rings is 1. The average molecular weight is 404 g/mol. The summed E-state index contributed by atoms with van der Waals surface area (Å²) >= 11 is 1.31. The van der Waals surface area contributed by atoms with Crippen molar-refractivity contribution in [2.24, 2.45) is 0 Å². The number of pyridine rings is 1. The Bertz CT molecular complexity index is 1120. The zero-order valence-electron chi connectivity index (χ0n) is 14.7. The minimum Gasteiger partial charge on any atom is -0.324 e. The van der Waals surface area contributed by atoms with Crippen molar-refractivity contribution in [3.63, 3.8) is 0 Å². The summed E-state index contributed by atoms with van der Waals surface area (Å²) in [5.74, 6) is 0.104. The van der Waals surface area contributed by atoms with Crippen LogP contribution in [0, 0.1) is 0 Å². The first-order chi connectivity index (χ1) is 13.5. The van der Waals surface area contributed by atoms with Gasteiger partial charge in [0.2, 0.25) is 0 Å². The Hall–Kier alpha value is -3.01. The van der Waals surface area contributed by atoms with Crippen LogP contribution in [0.3, 0.4) is 0 Å². The van der Waals surface area contributed by atoms with Gasteiger partial charge in [-0.1, -0.05) is 12.1 Å². The zero-order valence-corrected chi connectivity index (χ0v) is 15.5. The summed E-state index contributed by atoms with van der Waals surface area (Å²) in [4.78, 5) is 4.71. The van der Waals surface area contributed by atoms with Gasteiger partial charge >= 0.3 is 6.18 Å². The monoisotopic (exact) mass is 404 g/mol. The van der Waals surface area contributed by atoms with E-state index in [2.05, 4.69) is 19.9 Å². The van der Waals surface area contributed by atoms with Crippen LogP contribution in [0.1, 0.15) is 12.5 Å². The predicted octanol–water partition coefficient (Wildman–Crippen LogP) is 4.77. The summed E-state index contributed by atoms with van der Waals surface area (Å²) in [6.07, 6.45) is 1.70. The van der Waals surface area contributed by atoms with Gasteiger partial charge in [-0.15, -0.1) is 0 Å². The van der Waals surface area contributed by atoms with Gasteiger partial charge < -0.3 is 4.72 Å². The molecule has 0 aliphatic carbocycles. The fraction of sp³-hybridized carbons (Fsp3) is 0.167. The van der Waals surface area contributed by atoms with Gasteiger partial charge in [-0.05, 0) is 37.1 Å². The van der Waals surface area contributed by atoms with Crippen molar-refractivity contribution in [1.82, 2.24) is 24.5 Å². The van der Waals surface area contributed by atoms with Gasteiger partial charge in [0.25, 0.3) is 0 Å². The number of para-hydroxylation sites is 1. The quantitative estimate of drug-likeness (QED) is 0.486. The second-order valence-electron chi connectivity index (χ2n) is 5.93. The molecule has 1 N–H and O–H groups in total. The van der Waals surface area contributed by atoms with Crippen molar-refractivity contribution in [2.75, 3.05) is 4.72 Å². The zero-order chi connectivity index (χ0) is 19.7. The molecule has 0 fully saturated rings. The number of fused-ring (bicyclic) bond motifs is 1. The first-order valence-electron chi connectivity index (χ1n) is 8.41. The molecule has 3 heterocycles. The molecule has 0 spiro atoms. The third-order valence-electron chi connectivity index (χ3n) is 4.11. The number of hydrogen-bond acceptors (Lipinski definition) is 5. The number of hydrogen-bond donors (Lipinski definition) is 1. The van der Waals surface area contributed by atoms with Crippen LogP contribution in [0.15, 0.2) is 60.0 Å². The number of aromatic nitrogens is 5. The number of halogens is 3. The summed E-state index contributed by atoms with van der Waals surface area (Å²) in [5, 5.41) is 9.49. The molecule has 28 heavy (non-hydrogen) atoms. The highest BCUT2D eigenvalue weighted by atomic mass is 32.2. The van der Waals surface area contributed by atoms with Crippen LogP contribution in [-0.2, 0) is 12.7 Å². The van der Waals surface area contributed by atoms with Crippen molar-refractivity contribution < 1.29 is 13.2 Å². The molecule has 0 atom stereocenters. The Morgan fingerprint density at radius 2 is 2.00 bits per heavy atom. The lowest BCUT2D eigenvalue weighted by atomic mass is 10.2. The first-order valence-corrected chi connectivity index (χ1v) is 9.23. The van der Waals surface area contributed by atoms with E-state index in [0.717, 1.165) is 46.4 Å². The van der Waals surface area contributed by atoms with Gasteiger partial charge in [0.15, 0.2) is 5.82 Å². The average Bonchev–Trinajstić information content (AvgIpc) is 3.33. The Labute approximate surface area is 162 Å². The van der Waals surface area contributed by atoms with Crippen LogP contribution in [0.25, 0.3) is 16.7 Å². The molecule has 4 aromatic rings. The maximum Gasteiger partial charge on any atom is 0.416 e. The second-order valence-corrected chi connectivity index (χ2v) is 6.81. The lowest BCUT2D eigenvalue weighted by Gasteiger charge is -2.08. The minimum atomic E-state index is -4.43. The van der Waals surface area contributed by atoms with Gasteiger partial charge in [0, 0.05) is 24.3 Å². The number of nitrogens with one attached hydrogen (secondary N) is 1. The van der Waals surface area contributed by atoms with Gasteiger partial charge in [0.1, 0.15) is 0 Å². The minimum absolute atomic E-state index is 0.104. The van der Waals surface area contributed by atoms with Crippen LogP contribution in [0.5, 0.6) is 0 Å². The first kappa shape index (κ1) is 18.4. The van der Waals surface area contributed by atoms with Crippen LogP contribution in [0.4, 0.5) is 18.9 Å². The lowest BCUT2D eigenvalue weighted by Crippen LogP contribution is -2.07. The number of aryl methyl sites for hydroxylation is 1. The van der Waals surface area contributed by atoms with E-state index >= 15 is 0 Å². The van der Waals surface area contributed by atoms with Gasteiger partial charge in [-0.3, -0.25) is 4.68 Å². The third kappa shape index (κ3) is 3.55. The molecule has 0 aliphatic rings. The lowest BCUT2D eigenvalue weighted by molar-refractivity contribution is -0.137. The summed E-state index contributed by atoms with van der Waals surface area (Å²) in [6.45, 7) is 2.76. The summed E-state index contributed by atoms with van der Waals surface area (Å²) in [6, 6.07) is 7.77. The highest BCUT2D eigenvalue weighted by Gasteiger charge is 2.30. The van der Waals surface area contributed by atoms with E-state index in [0.29, 0.717) is 0 Å². The Balaban J connectivity index is 1.55. The number of rotatable bonds is 5. The Morgan fingerprint density at radius 1 is 1.14 bits per heavy atom. The Kier molecular flexibility index (Phi) is 4.71. The van der Waals surface area contributed by atoms with Gasteiger partial charge in [-0.2, -0.15) is 23.4 Å². The highest BCUT2D eigenvalue weighted by Crippen LogP contribution is 2.30. The van der Waals surface area contributed by atoms with E-state index < -0.39 is 11.7 Å². The van der Waals surface area contributed by atoms with E-state index in [1.54, 1.807) is 12.4 Å². The maximum atomic E-state index is 12.9. The molecule has 3 aromatic heterocycles. The molecular weight excluding hydrogens is 389 g/mol.